The maximum atomic E-state index is 12.7. The highest BCUT2D eigenvalue weighted by Gasteiger charge is 2.21. The zero-order chi connectivity index (χ0) is 12.3. The van der Waals surface area contributed by atoms with Gasteiger partial charge in [0.05, 0.1) is 0 Å². The van der Waals surface area contributed by atoms with E-state index in [0.29, 0.717) is 10.7 Å². The Morgan fingerprint density at radius 1 is 1.41 bits per heavy atom. The van der Waals surface area contributed by atoms with Gasteiger partial charge in [0.25, 0.3) is 0 Å². The standard InChI is InChI=1S/C11H9FN2O2S/c12-7-1-3-8(4-2-7)14-9(11(15)16)10-13-5-6-17-10/h1-6,9,14H,(H,15,16). The summed E-state index contributed by atoms with van der Waals surface area (Å²) >= 11 is 1.25. The Kier molecular flexibility index (Phi) is 3.34. The van der Waals surface area contributed by atoms with Crippen LogP contribution in [-0.4, -0.2) is 16.1 Å². The highest BCUT2D eigenvalue weighted by Crippen LogP contribution is 2.21. The Labute approximate surface area is 101 Å². The molecule has 0 aliphatic carbocycles. The van der Waals surface area contributed by atoms with E-state index >= 15 is 0 Å². The molecular weight excluding hydrogens is 243 g/mol. The minimum Gasteiger partial charge on any atom is -0.479 e. The second kappa shape index (κ2) is 4.92. The van der Waals surface area contributed by atoms with Crippen molar-refractivity contribution in [3.8, 4) is 0 Å². The zero-order valence-corrected chi connectivity index (χ0v) is 9.45. The summed E-state index contributed by atoms with van der Waals surface area (Å²) < 4.78 is 12.7. The lowest BCUT2D eigenvalue weighted by Crippen LogP contribution is -2.20. The molecular formula is C11H9FN2O2S. The predicted octanol–water partition coefficient (Wildman–Crippen LogP) is 2.52. The average molecular weight is 252 g/mol. The third-order valence-corrected chi connectivity index (χ3v) is 2.94. The van der Waals surface area contributed by atoms with Crippen LogP contribution >= 0.6 is 11.3 Å². The van der Waals surface area contributed by atoms with Gasteiger partial charge in [-0.1, -0.05) is 0 Å². The van der Waals surface area contributed by atoms with E-state index in [2.05, 4.69) is 10.3 Å². The molecule has 4 nitrogen and oxygen atoms in total. The molecule has 0 aliphatic heterocycles. The highest BCUT2D eigenvalue weighted by atomic mass is 32.1. The van der Waals surface area contributed by atoms with Crippen molar-refractivity contribution in [3.63, 3.8) is 0 Å². The van der Waals surface area contributed by atoms with Crippen LogP contribution in [0.1, 0.15) is 11.0 Å². The fourth-order valence-electron chi connectivity index (χ4n) is 1.32. The van der Waals surface area contributed by atoms with Crippen molar-refractivity contribution in [1.29, 1.82) is 0 Å². The summed E-state index contributed by atoms with van der Waals surface area (Å²) in [6, 6.07) is 4.59. The summed E-state index contributed by atoms with van der Waals surface area (Å²) in [5.41, 5.74) is 0.536. The number of thiazole rings is 1. The van der Waals surface area contributed by atoms with E-state index in [4.69, 9.17) is 5.11 Å². The average Bonchev–Trinajstić information content (AvgIpc) is 2.81. The van der Waals surface area contributed by atoms with Crippen LogP contribution in [0.15, 0.2) is 35.8 Å². The van der Waals surface area contributed by atoms with Gasteiger partial charge in [-0.15, -0.1) is 11.3 Å². The highest BCUT2D eigenvalue weighted by molar-refractivity contribution is 7.09. The normalized spacial score (nSPS) is 12.1. The molecule has 1 aromatic carbocycles. The topological polar surface area (TPSA) is 62.2 Å². The Balaban J connectivity index is 2.19. The second-order valence-corrected chi connectivity index (χ2v) is 4.22. The molecule has 0 saturated heterocycles. The van der Waals surface area contributed by atoms with Crippen LogP contribution < -0.4 is 5.32 Å². The molecule has 0 bridgehead atoms. The number of nitrogens with one attached hydrogen (secondary N) is 1. The van der Waals surface area contributed by atoms with Gasteiger partial charge in [0, 0.05) is 17.3 Å². The third-order valence-electron chi connectivity index (χ3n) is 2.10. The van der Waals surface area contributed by atoms with E-state index in [1.54, 1.807) is 11.6 Å². The smallest absolute Gasteiger partial charge is 0.333 e. The number of benzene rings is 1. The van der Waals surface area contributed by atoms with Crippen molar-refractivity contribution in [1.82, 2.24) is 4.98 Å². The minimum absolute atomic E-state index is 0.364. The molecule has 0 saturated carbocycles. The molecule has 0 radical (unpaired) electrons. The maximum Gasteiger partial charge on any atom is 0.333 e. The molecule has 0 fully saturated rings. The number of aromatic nitrogens is 1. The molecule has 1 heterocycles. The molecule has 2 rings (SSSR count). The molecule has 88 valence electrons. The number of hydrogen-bond acceptors (Lipinski definition) is 4. The number of hydrogen-bond donors (Lipinski definition) is 2. The maximum absolute atomic E-state index is 12.7. The SMILES string of the molecule is O=C(O)C(Nc1ccc(F)cc1)c1nccs1. The number of carbonyl (C=O) groups is 1. The van der Waals surface area contributed by atoms with E-state index in [1.165, 1.54) is 35.6 Å². The lowest BCUT2D eigenvalue weighted by molar-refractivity contribution is -0.138. The van der Waals surface area contributed by atoms with Crippen LogP contribution in [0.4, 0.5) is 10.1 Å². The molecule has 6 heteroatoms. The van der Waals surface area contributed by atoms with Gasteiger partial charge in [-0.05, 0) is 24.3 Å². The van der Waals surface area contributed by atoms with Crippen molar-refractivity contribution in [2.45, 2.75) is 6.04 Å². The van der Waals surface area contributed by atoms with Gasteiger partial charge >= 0.3 is 5.97 Å². The molecule has 0 spiro atoms. The third kappa shape index (κ3) is 2.79. The van der Waals surface area contributed by atoms with Gasteiger partial charge in [-0.25, -0.2) is 14.2 Å². The number of carboxylic acid groups (broad SMARTS) is 1. The Bertz CT molecular complexity index is 499. The molecule has 1 atom stereocenters. The Hall–Kier alpha value is -1.95. The first-order valence-corrected chi connectivity index (χ1v) is 5.69. The van der Waals surface area contributed by atoms with Gasteiger partial charge in [0.2, 0.25) is 0 Å². The quantitative estimate of drug-likeness (QED) is 0.877. The largest absolute Gasteiger partial charge is 0.479 e. The van der Waals surface area contributed by atoms with Crippen molar-refractivity contribution >= 4 is 23.0 Å². The van der Waals surface area contributed by atoms with Crippen LogP contribution in [0.2, 0.25) is 0 Å². The number of rotatable bonds is 4. The van der Waals surface area contributed by atoms with Crippen molar-refractivity contribution < 1.29 is 14.3 Å². The van der Waals surface area contributed by atoms with E-state index in [-0.39, 0.29) is 5.82 Å². The van der Waals surface area contributed by atoms with Gasteiger partial charge in [-0.3, -0.25) is 0 Å². The van der Waals surface area contributed by atoms with Gasteiger partial charge in [0.15, 0.2) is 6.04 Å². The molecule has 2 N–H and O–H groups in total. The lowest BCUT2D eigenvalue weighted by Gasteiger charge is -2.13. The predicted molar refractivity (Wildman–Crippen MR) is 62.5 cm³/mol. The molecule has 1 aromatic heterocycles. The van der Waals surface area contributed by atoms with Crippen LogP contribution in [-0.2, 0) is 4.79 Å². The fourth-order valence-corrected chi connectivity index (χ4v) is 2.00. The molecule has 0 amide bonds. The first-order chi connectivity index (χ1) is 8.16. The summed E-state index contributed by atoms with van der Waals surface area (Å²) in [6.07, 6.45) is 1.54. The Morgan fingerprint density at radius 3 is 2.65 bits per heavy atom. The zero-order valence-electron chi connectivity index (χ0n) is 8.63. The van der Waals surface area contributed by atoms with Crippen LogP contribution in [0, 0.1) is 5.82 Å². The lowest BCUT2D eigenvalue weighted by atomic mass is 10.2. The summed E-state index contributed by atoms with van der Waals surface area (Å²) in [5, 5.41) is 14.0. The summed E-state index contributed by atoms with van der Waals surface area (Å²) in [4.78, 5) is 15.1. The summed E-state index contributed by atoms with van der Waals surface area (Å²) in [5.74, 6) is -1.39. The van der Waals surface area contributed by atoms with Crippen LogP contribution in [0.25, 0.3) is 0 Å². The van der Waals surface area contributed by atoms with Gasteiger partial charge in [0.1, 0.15) is 10.8 Å². The van der Waals surface area contributed by atoms with Crippen molar-refractivity contribution in [3.05, 3.63) is 46.7 Å². The van der Waals surface area contributed by atoms with Crippen molar-refractivity contribution in [2.24, 2.45) is 0 Å². The Morgan fingerprint density at radius 2 is 2.12 bits per heavy atom. The van der Waals surface area contributed by atoms with E-state index in [0.717, 1.165) is 0 Å². The molecule has 0 aliphatic rings. The first-order valence-electron chi connectivity index (χ1n) is 4.81. The van der Waals surface area contributed by atoms with E-state index in [1.807, 2.05) is 0 Å². The number of carboxylic acids is 1. The molecule has 1 unspecified atom stereocenters. The number of aliphatic carboxylic acids is 1. The first kappa shape index (κ1) is 11.5. The van der Waals surface area contributed by atoms with Crippen molar-refractivity contribution in [2.75, 3.05) is 5.32 Å². The molecule has 2 aromatic rings. The van der Waals surface area contributed by atoms with Crippen LogP contribution in [0.5, 0.6) is 0 Å². The number of anilines is 1. The summed E-state index contributed by atoms with van der Waals surface area (Å²) in [7, 11) is 0. The molecule has 17 heavy (non-hydrogen) atoms. The van der Waals surface area contributed by atoms with Crippen LogP contribution in [0.3, 0.4) is 0 Å². The monoisotopic (exact) mass is 252 g/mol. The fraction of sp³-hybridized carbons (Fsp3) is 0.0909. The van der Waals surface area contributed by atoms with E-state index < -0.39 is 12.0 Å². The number of nitrogens with zero attached hydrogens (tertiary/aromatic N) is 1. The van der Waals surface area contributed by atoms with E-state index in [9.17, 15) is 9.18 Å². The summed E-state index contributed by atoms with van der Waals surface area (Å²) in [6.45, 7) is 0. The van der Waals surface area contributed by atoms with Gasteiger partial charge in [-0.2, -0.15) is 0 Å². The number of halogens is 1. The second-order valence-electron chi connectivity index (χ2n) is 3.29. The minimum atomic E-state index is -1.02. The van der Waals surface area contributed by atoms with Gasteiger partial charge < -0.3 is 10.4 Å².